The summed E-state index contributed by atoms with van der Waals surface area (Å²) in [5.41, 5.74) is 1.08. The SMILES string of the molecule is CCNCCCNc1ccc([N+](=O)[O-])c(I)c1. The van der Waals surface area contributed by atoms with E-state index >= 15 is 0 Å². The Morgan fingerprint density at radius 3 is 2.76 bits per heavy atom. The Hall–Kier alpha value is -0.890. The predicted molar refractivity (Wildman–Crippen MR) is 77.5 cm³/mol. The van der Waals surface area contributed by atoms with E-state index in [-0.39, 0.29) is 10.6 Å². The van der Waals surface area contributed by atoms with Gasteiger partial charge in [0.25, 0.3) is 5.69 Å². The Morgan fingerprint density at radius 1 is 1.41 bits per heavy atom. The summed E-state index contributed by atoms with van der Waals surface area (Å²) in [6.07, 6.45) is 1.03. The second kappa shape index (κ2) is 7.44. The van der Waals surface area contributed by atoms with Crippen LogP contribution in [0.5, 0.6) is 0 Å². The van der Waals surface area contributed by atoms with Crippen molar-refractivity contribution in [2.24, 2.45) is 0 Å². The van der Waals surface area contributed by atoms with Crippen molar-refractivity contribution in [3.05, 3.63) is 31.9 Å². The highest BCUT2D eigenvalue weighted by atomic mass is 127. The molecule has 0 fully saturated rings. The Kier molecular flexibility index (Phi) is 6.20. The van der Waals surface area contributed by atoms with Crippen LogP contribution in [0.3, 0.4) is 0 Å². The lowest BCUT2D eigenvalue weighted by atomic mass is 10.3. The molecule has 6 heteroatoms. The van der Waals surface area contributed by atoms with E-state index in [1.807, 2.05) is 22.6 Å². The van der Waals surface area contributed by atoms with Gasteiger partial charge >= 0.3 is 0 Å². The minimum absolute atomic E-state index is 0.156. The summed E-state index contributed by atoms with van der Waals surface area (Å²) in [5.74, 6) is 0. The molecule has 0 radical (unpaired) electrons. The van der Waals surface area contributed by atoms with E-state index in [4.69, 9.17) is 0 Å². The molecule has 1 aromatic rings. The molecule has 0 unspecified atom stereocenters. The average Bonchev–Trinajstić information content (AvgIpc) is 2.28. The van der Waals surface area contributed by atoms with Gasteiger partial charge in [-0.25, -0.2) is 0 Å². The fourth-order valence-electron chi connectivity index (χ4n) is 1.39. The molecule has 0 aliphatic rings. The maximum Gasteiger partial charge on any atom is 0.282 e. The molecule has 0 saturated heterocycles. The first-order chi connectivity index (χ1) is 8.15. The second-order valence-electron chi connectivity index (χ2n) is 3.56. The summed E-state index contributed by atoms with van der Waals surface area (Å²) in [5, 5.41) is 17.1. The van der Waals surface area contributed by atoms with E-state index in [0.29, 0.717) is 3.57 Å². The summed E-state index contributed by atoms with van der Waals surface area (Å²) < 4.78 is 0.657. The zero-order valence-corrected chi connectivity index (χ0v) is 11.9. The number of anilines is 1. The van der Waals surface area contributed by atoms with E-state index in [9.17, 15) is 10.1 Å². The number of nitro groups is 1. The Morgan fingerprint density at radius 2 is 2.18 bits per heavy atom. The molecule has 0 aliphatic carbocycles. The molecule has 0 amide bonds. The molecule has 0 atom stereocenters. The average molecular weight is 349 g/mol. The number of halogens is 1. The van der Waals surface area contributed by atoms with Gasteiger partial charge in [-0.15, -0.1) is 0 Å². The monoisotopic (exact) mass is 349 g/mol. The van der Waals surface area contributed by atoms with Crippen molar-refractivity contribution in [2.75, 3.05) is 25.0 Å². The first kappa shape index (κ1) is 14.2. The van der Waals surface area contributed by atoms with Gasteiger partial charge in [0.1, 0.15) is 0 Å². The van der Waals surface area contributed by atoms with Gasteiger partial charge < -0.3 is 10.6 Å². The van der Waals surface area contributed by atoms with Gasteiger partial charge in [-0.3, -0.25) is 10.1 Å². The van der Waals surface area contributed by atoms with Crippen LogP contribution in [0.25, 0.3) is 0 Å². The van der Waals surface area contributed by atoms with Crippen LogP contribution < -0.4 is 10.6 Å². The largest absolute Gasteiger partial charge is 0.385 e. The van der Waals surface area contributed by atoms with Gasteiger partial charge in [0, 0.05) is 18.3 Å². The van der Waals surface area contributed by atoms with E-state index in [2.05, 4.69) is 17.6 Å². The van der Waals surface area contributed by atoms with Gasteiger partial charge in [-0.1, -0.05) is 6.92 Å². The molecule has 94 valence electrons. The van der Waals surface area contributed by atoms with Gasteiger partial charge in [0.05, 0.1) is 8.49 Å². The minimum atomic E-state index is -0.364. The minimum Gasteiger partial charge on any atom is -0.385 e. The third kappa shape index (κ3) is 4.86. The van der Waals surface area contributed by atoms with Crippen molar-refractivity contribution in [1.29, 1.82) is 0 Å². The molecule has 1 aromatic carbocycles. The summed E-state index contributed by atoms with van der Waals surface area (Å²) >= 11 is 1.98. The van der Waals surface area contributed by atoms with Crippen molar-refractivity contribution >= 4 is 34.0 Å². The molecular formula is C11H16IN3O2. The normalized spacial score (nSPS) is 10.2. The highest BCUT2D eigenvalue weighted by Gasteiger charge is 2.10. The third-order valence-electron chi connectivity index (χ3n) is 2.25. The molecule has 1 rings (SSSR count). The molecule has 5 nitrogen and oxygen atoms in total. The van der Waals surface area contributed by atoms with E-state index < -0.39 is 0 Å². The standard InChI is InChI=1S/C11H16IN3O2/c1-2-13-6-3-7-14-9-4-5-11(15(16)17)10(12)8-9/h4-5,8,13-14H,2-3,6-7H2,1H3. The van der Waals surface area contributed by atoms with Crippen LogP contribution in [0.2, 0.25) is 0 Å². The summed E-state index contributed by atoms with van der Waals surface area (Å²) in [4.78, 5) is 10.3. The van der Waals surface area contributed by atoms with Crippen molar-refractivity contribution in [1.82, 2.24) is 5.32 Å². The molecule has 2 N–H and O–H groups in total. The van der Waals surface area contributed by atoms with Crippen molar-refractivity contribution in [2.45, 2.75) is 13.3 Å². The van der Waals surface area contributed by atoms with E-state index in [1.54, 1.807) is 12.1 Å². The lowest BCUT2D eigenvalue weighted by Crippen LogP contribution is -2.17. The Labute approximate surface area is 114 Å². The number of hydrogen-bond donors (Lipinski definition) is 2. The number of benzene rings is 1. The van der Waals surface area contributed by atoms with Crippen LogP contribution in [0.1, 0.15) is 13.3 Å². The highest BCUT2D eigenvalue weighted by Crippen LogP contribution is 2.23. The van der Waals surface area contributed by atoms with Crippen LogP contribution in [0, 0.1) is 13.7 Å². The molecular weight excluding hydrogens is 333 g/mol. The van der Waals surface area contributed by atoms with Crippen LogP contribution in [0.4, 0.5) is 11.4 Å². The first-order valence-electron chi connectivity index (χ1n) is 5.53. The predicted octanol–water partition coefficient (Wildman–Crippen LogP) is 2.61. The van der Waals surface area contributed by atoms with Crippen LogP contribution in [-0.2, 0) is 0 Å². The van der Waals surface area contributed by atoms with Gasteiger partial charge in [-0.2, -0.15) is 0 Å². The maximum absolute atomic E-state index is 10.6. The molecule has 0 aromatic heterocycles. The topological polar surface area (TPSA) is 67.2 Å². The fraction of sp³-hybridized carbons (Fsp3) is 0.455. The zero-order chi connectivity index (χ0) is 12.7. The molecule has 17 heavy (non-hydrogen) atoms. The van der Waals surface area contributed by atoms with Crippen LogP contribution >= 0.6 is 22.6 Å². The van der Waals surface area contributed by atoms with Crippen LogP contribution in [-0.4, -0.2) is 24.6 Å². The summed E-state index contributed by atoms with van der Waals surface area (Å²) in [6, 6.07) is 5.08. The van der Waals surface area contributed by atoms with E-state index in [0.717, 1.165) is 31.7 Å². The van der Waals surface area contributed by atoms with E-state index in [1.165, 1.54) is 6.07 Å². The fourth-order valence-corrected chi connectivity index (χ4v) is 2.10. The smallest absolute Gasteiger partial charge is 0.282 e. The molecule has 0 aliphatic heterocycles. The van der Waals surface area contributed by atoms with Crippen molar-refractivity contribution in [3.8, 4) is 0 Å². The first-order valence-corrected chi connectivity index (χ1v) is 6.61. The van der Waals surface area contributed by atoms with Crippen molar-refractivity contribution in [3.63, 3.8) is 0 Å². The van der Waals surface area contributed by atoms with Gasteiger partial charge in [0.2, 0.25) is 0 Å². The zero-order valence-electron chi connectivity index (χ0n) is 9.70. The quantitative estimate of drug-likeness (QED) is 0.344. The number of nitrogens with one attached hydrogen (secondary N) is 2. The molecule has 0 heterocycles. The van der Waals surface area contributed by atoms with Crippen LogP contribution in [0.15, 0.2) is 18.2 Å². The molecule has 0 spiro atoms. The maximum atomic E-state index is 10.6. The third-order valence-corrected chi connectivity index (χ3v) is 3.12. The lowest BCUT2D eigenvalue weighted by molar-refractivity contribution is -0.385. The Bertz CT molecular complexity index is 385. The number of hydrogen-bond acceptors (Lipinski definition) is 4. The highest BCUT2D eigenvalue weighted by molar-refractivity contribution is 14.1. The lowest BCUT2D eigenvalue weighted by Gasteiger charge is -2.07. The summed E-state index contributed by atoms with van der Waals surface area (Å²) in [7, 11) is 0. The van der Waals surface area contributed by atoms with Gasteiger partial charge in [-0.05, 0) is 54.2 Å². The molecule has 0 bridgehead atoms. The van der Waals surface area contributed by atoms with Crippen molar-refractivity contribution < 1.29 is 4.92 Å². The Balaban J connectivity index is 2.45. The van der Waals surface area contributed by atoms with Gasteiger partial charge in [0.15, 0.2) is 0 Å². The summed E-state index contributed by atoms with van der Waals surface area (Å²) in [6.45, 7) is 4.90. The second-order valence-corrected chi connectivity index (χ2v) is 4.72. The number of nitro benzene ring substituents is 1. The number of nitrogens with zero attached hydrogens (tertiary/aromatic N) is 1. The number of rotatable bonds is 7. The molecule has 0 saturated carbocycles.